The second kappa shape index (κ2) is 8.38. The van der Waals surface area contributed by atoms with Gasteiger partial charge in [-0.25, -0.2) is 4.79 Å². The van der Waals surface area contributed by atoms with Crippen LogP contribution in [0.4, 0.5) is 10.5 Å². The molecule has 7 heteroatoms. The monoisotopic (exact) mass is 364 g/mol. The van der Waals surface area contributed by atoms with Crippen molar-refractivity contribution in [1.82, 2.24) is 0 Å². The van der Waals surface area contributed by atoms with Gasteiger partial charge in [0.25, 0.3) is 5.69 Å². The number of carbonyl (C=O) groups is 1. The van der Waals surface area contributed by atoms with Crippen molar-refractivity contribution in [3.63, 3.8) is 0 Å². The summed E-state index contributed by atoms with van der Waals surface area (Å²) in [6.07, 6.45) is 3.01. The van der Waals surface area contributed by atoms with E-state index < -0.39 is 11.0 Å². The molecule has 1 amide bonds. The highest BCUT2D eigenvalue weighted by Gasteiger charge is 2.37. The molecule has 2 N–H and O–H groups in total. The van der Waals surface area contributed by atoms with Crippen LogP contribution in [0.3, 0.4) is 0 Å². The molecule has 1 unspecified atom stereocenters. The van der Waals surface area contributed by atoms with Crippen molar-refractivity contribution in [2.75, 3.05) is 6.61 Å². The summed E-state index contributed by atoms with van der Waals surface area (Å²) in [4.78, 5) is 21.5. The predicted octanol–water partition coefficient (Wildman–Crippen LogP) is 4.29. The third-order valence-electron chi connectivity index (χ3n) is 4.95. The number of non-ortho nitro benzene ring substituents is 1. The summed E-state index contributed by atoms with van der Waals surface area (Å²) in [5.74, 6) is 1.37. The van der Waals surface area contributed by atoms with Crippen LogP contribution in [0.15, 0.2) is 24.3 Å². The van der Waals surface area contributed by atoms with E-state index in [1.54, 1.807) is 12.1 Å². The maximum atomic E-state index is 11.2. The Morgan fingerprint density at radius 2 is 1.81 bits per heavy atom. The van der Waals surface area contributed by atoms with Crippen molar-refractivity contribution in [3.05, 3.63) is 34.4 Å². The van der Waals surface area contributed by atoms with Crippen molar-refractivity contribution in [3.8, 4) is 5.75 Å². The van der Waals surface area contributed by atoms with Gasteiger partial charge in [0.05, 0.1) is 11.5 Å². The van der Waals surface area contributed by atoms with Gasteiger partial charge >= 0.3 is 6.09 Å². The minimum Gasteiger partial charge on any atom is -0.493 e. The van der Waals surface area contributed by atoms with Crippen LogP contribution in [0.1, 0.15) is 46.5 Å². The number of benzene rings is 1. The first-order valence-electron chi connectivity index (χ1n) is 9.00. The van der Waals surface area contributed by atoms with Gasteiger partial charge in [-0.1, -0.05) is 20.8 Å². The number of nitrogens with zero attached hydrogens (tertiary/aromatic N) is 1. The molecule has 2 rings (SSSR count). The molecule has 0 heterocycles. The van der Waals surface area contributed by atoms with Gasteiger partial charge in [-0.3, -0.25) is 10.1 Å². The van der Waals surface area contributed by atoms with Crippen LogP contribution in [0.25, 0.3) is 0 Å². The van der Waals surface area contributed by atoms with Gasteiger partial charge in [-0.05, 0) is 55.1 Å². The zero-order valence-electron chi connectivity index (χ0n) is 15.6. The Balaban J connectivity index is 1.83. The summed E-state index contributed by atoms with van der Waals surface area (Å²) in [7, 11) is 0. The van der Waals surface area contributed by atoms with E-state index in [0.717, 1.165) is 25.7 Å². The lowest BCUT2D eigenvalue weighted by atomic mass is 9.72. The second-order valence-corrected chi connectivity index (χ2v) is 8.07. The third-order valence-corrected chi connectivity index (χ3v) is 4.95. The molecular formula is C19H28N2O5. The third kappa shape index (κ3) is 5.61. The number of hydrogen-bond donors (Lipinski definition) is 1. The standard InChI is InChI=1S/C19H28N2O5/c1-19(2,3)17(26-18(20)22)14-6-4-13(5-7-14)12-25-16-10-8-15(9-11-16)21(23)24/h8-11,13-14,17H,4-7,12H2,1-3H3,(H2,20,22). The molecule has 1 aromatic rings. The molecular weight excluding hydrogens is 336 g/mol. The first-order chi connectivity index (χ1) is 12.2. The minimum atomic E-state index is -0.714. The van der Waals surface area contributed by atoms with Crippen LogP contribution in [0.5, 0.6) is 5.75 Å². The summed E-state index contributed by atoms with van der Waals surface area (Å²) < 4.78 is 11.2. The number of rotatable bonds is 6. The van der Waals surface area contributed by atoms with Crippen LogP contribution in [-0.2, 0) is 4.74 Å². The van der Waals surface area contributed by atoms with E-state index in [2.05, 4.69) is 20.8 Å². The van der Waals surface area contributed by atoms with E-state index in [1.165, 1.54) is 12.1 Å². The Morgan fingerprint density at radius 1 is 1.23 bits per heavy atom. The molecule has 1 saturated carbocycles. The quantitative estimate of drug-likeness (QED) is 0.599. The average Bonchev–Trinajstić information content (AvgIpc) is 2.58. The van der Waals surface area contributed by atoms with Gasteiger partial charge in [0.15, 0.2) is 0 Å². The van der Waals surface area contributed by atoms with Crippen LogP contribution < -0.4 is 10.5 Å². The van der Waals surface area contributed by atoms with E-state index in [9.17, 15) is 14.9 Å². The fraction of sp³-hybridized carbons (Fsp3) is 0.632. The normalized spacial score (nSPS) is 21.7. The zero-order chi connectivity index (χ0) is 19.3. The first kappa shape index (κ1) is 20.0. The summed E-state index contributed by atoms with van der Waals surface area (Å²) >= 11 is 0. The highest BCUT2D eigenvalue weighted by molar-refractivity contribution is 5.64. The van der Waals surface area contributed by atoms with Gasteiger partial charge in [0, 0.05) is 12.1 Å². The van der Waals surface area contributed by atoms with E-state index in [0.29, 0.717) is 24.2 Å². The van der Waals surface area contributed by atoms with E-state index in [1.807, 2.05) is 0 Å². The summed E-state index contributed by atoms with van der Waals surface area (Å²) in [6.45, 7) is 6.76. The number of primary amides is 1. The Kier molecular flexibility index (Phi) is 6.45. The number of carbonyl (C=O) groups excluding carboxylic acids is 1. The molecule has 0 aromatic heterocycles. The largest absolute Gasteiger partial charge is 0.493 e. The van der Waals surface area contributed by atoms with Crippen molar-refractivity contribution in [2.24, 2.45) is 23.0 Å². The Labute approximate surface area is 154 Å². The highest BCUT2D eigenvalue weighted by atomic mass is 16.6. The molecule has 0 aliphatic heterocycles. The molecule has 1 aliphatic carbocycles. The van der Waals surface area contributed by atoms with Crippen LogP contribution in [0, 0.1) is 27.4 Å². The Bertz CT molecular complexity index is 616. The van der Waals surface area contributed by atoms with Crippen LogP contribution >= 0.6 is 0 Å². The molecule has 0 saturated heterocycles. The first-order valence-corrected chi connectivity index (χ1v) is 9.00. The van der Waals surface area contributed by atoms with Gasteiger partial charge in [0.1, 0.15) is 11.9 Å². The maximum absolute atomic E-state index is 11.2. The lowest BCUT2D eigenvalue weighted by Crippen LogP contribution is -2.41. The highest BCUT2D eigenvalue weighted by Crippen LogP contribution is 2.38. The molecule has 1 aromatic carbocycles. The van der Waals surface area contributed by atoms with E-state index in [4.69, 9.17) is 15.2 Å². The van der Waals surface area contributed by atoms with E-state index in [-0.39, 0.29) is 17.2 Å². The van der Waals surface area contributed by atoms with Gasteiger partial charge < -0.3 is 15.2 Å². The van der Waals surface area contributed by atoms with Crippen molar-refractivity contribution in [1.29, 1.82) is 0 Å². The predicted molar refractivity (Wildman–Crippen MR) is 98.0 cm³/mol. The summed E-state index contributed by atoms with van der Waals surface area (Å²) in [5.41, 5.74) is 5.15. The molecule has 0 radical (unpaired) electrons. The van der Waals surface area contributed by atoms with Crippen LogP contribution in [-0.4, -0.2) is 23.7 Å². The number of nitro groups is 1. The molecule has 144 valence electrons. The summed E-state index contributed by atoms with van der Waals surface area (Å²) in [5, 5.41) is 10.7. The molecule has 1 atom stereocenters. The number of ether oxygens (including phenoxy) is 2. The zero-order valence-corrected chi connectivity index (χ0v) is 15.6. The van der Waals surface area contributed by atoms with Gasteiger partial charge in [0.2, 0.25) is 0 Å². The fourth-order valence-electron chi connectivity index (χ4n) is 3.64. The number of nitrogens with two attached hydrogens (primary N) is 1. The van der Waals surface area contributed by atoms with Crippen LogP contribution in [0.2, 0.25) is 0 Å². The second-order valence-electron chi connectivity index (χ2n) is 8.07. The Morgan fingerprint density at radius 3 is 2.27 bits per heavy atom. The number of amides is 1. The van der Waals surface area contributed by atoms with Crippen molar-refractivity contribution in [2.45, 2.75) is 52.6 Å². The molecule has 26 heavy (non-hydrogen) atoms. The van der Waals surface area contributed by atoms with Crippen molar-refractivity contribution < 1.29 is 19.2 Å². The molecule has 7 nitrogen and oxygen atoms in total. The Hall–Kier alpha value is -2.31. The van der Waals surface area contributed by atoms with Gasteiger partial charge in [-0.15, -0.1) is 0 Å². The summed E-state index contributed by atoms with van der Waals surface area (Å²) in [6, 6.07) is 6.14. The maximum Gasteiger partial charge on any atom is 0.404 e. The van der Waals surface area contributed by atoms with Gasteiger partial charge in [-0.2, -0.15) is 0 Å². The molecule has 0 spiro atoms. The van der Waals surface area contributed by atoms with E-state index >= 15 is 0 Å². The lowest BCUT2D eigenvalue weighted by Gasteiger charge is -2.39. The molecule has 1 fully saturated rings. The number of nitro benzene ring substituents is 1. The minimum absolute atomic E-state index is 0.0560. The van der Waals surface area contributed by atoms with Crippen molar-refractivity contribution >= 4 is 11.8 Å². The number of hydrogen-bond acceptors (Lipinski definition) is 5. The fourth-order valence-corrected chi connectivity index (χ4v) is 3.64. The lowest BCUT2D eigenvalue weighted by molar-refractivity contribution is -0.384. The molecule has 1 aliphatic rings. The smallest absolute Gasteiger partial charge is 0.404 e. The molecule has 0 bridgehead atoms. The average molecular weight is 364 g/mol. The topological polar surface area (TPSA) is 105 Å². The SMILES string of the molecule is CC(C)(C)C(OC(N)=O)C1CCC(COc2ccc([N+](=O)[O-])cc2)CC1.